The van der Waals surface area contributed by atoms with Gasteiger partial charge in [0.05, 0.1) is 24.5 Å². The average molecular weight is 331 g/mol. The molecule has 8 nitrogen and oxygen atoms in total. The monoisotopic (exact) mass is 331 g/mol. The standard InChI is InChI=1S/C16H21N5O3/c1-20-13(4-5-19-20)14(22)11-18-16(23)12-2-3-15(17-10-12)21-6-8-24-9-7-21/h2-5,10,14,22H,6-9,11H2,1H3,(H,18,23). The second-order valence-corrected chi connectivity index (χ2v) is 5.61. The van der Waals surface area contributed by atoms with E-state index in [0.717, 1.165) is 18.9 Å². The zero-order chi connectivity index (χ0) is 16.9. The summed E-state index contributed by atoms with van der Waals surface area (Å²) in [6.45, 7) is 3.10. The van der Waals surface area contributed by atoms with E-state index in [0.29, 0.717) is 24.5 Å². The van der Waals surface area contributed by atoms with Gasteiger partial charge in [-0.25, -0.2) is 4.98 Å². The molecule has 0 radical (unpaired) electrons. The lowest BCUT2D eigenvalue weighted by Gasteiger charge is -2.27. The van der Waals surface area contributed by atoms with E-state index < -0.39 is 6.10 Å². The van der Waals surface area contributed by atoms with Gasteiger partial charge >= 0.3 is 0 Å². The fourth-order valence-corrected chi connectivity index (χ4v) is 2.61. The normalized spacial score (nSPS) is 16.0. The first kappa shape index (κ1) is 16.4. The van der Waals surface area contributed by atoms with Crippen LogP contribution in [-0.4, -0.2) is 58.6 Å². The number of hydrogen-bond donors (Lipinski definition) is 2. The van der Waals surface area contributed by atoms with Crippen molar-refractivity contribution in [2.45, 2.75) is 6.10 Å². The summed E-state index contributed by atoms with van der Waals surface area (Å²) in [5.74, 6) is 0.571. The fraction of sp³-hybridized carbons (Fsp3) is 0.438. The zero-order valence-electron chi connectivity index (χ0n) is 13.6. The zero-order valence-corrected chi connectivity index (χ0v) is 13.6. The van der Waals surface area contributed by atoms with Crippen molar-refractivity contribution < 1.29 is 14.6 Å². The third-order valence-corrected chi connectivity index (χ3v) is 4.00. The number of carbonyl (C=O) groups excluding carboxylic acids is 1. The van der Waals surface area contributed by atoms with E-state index in [1.54, 1.807) is 36.3 Å². The molecule has 2 aromatic rings. The van der Waals surface area contributed by atoms with Crippen LogP contribution >= 0.6 is 0 Å². The Kier molecular flexibility index (Phi) is 5.07. The molecule has 128 valence electrons. The molecule has 1 unspecified atom stereocenters. The van der Waals surface area contributed by atoms with E-state index in [-0.39, 0.29) is 12.5 Å². The van der Waals surface area contributed by atoms with E-state index in [4.69, 9.17) is 4.74 Å². The van der Waals surface area contributed by atoms with Gasteiger partial charge in [-0.15, -0.1) is 0 Å². The van der Waals surface area contributed by atoms with Crippen LogP contribution in [0.4, 0.5) is 5.82 Å². The molecule has 8 heteroatoms. The molecule has 1 amide bonds. The molecule has 0 saturated carbocycles. The Morgan fingerprint density at radius 3 is 2.79 bits per heavy atom. The van der Waals surface area contributed by atoms with E-state index >= 15 is 0 Å². The van der Waals surface area contributed by atoms with Gasteiger partial charge in [-0.3, -0.25) is 9.48 Å². The van der Waals surface area contributed by atoms with Crippen molar-refractivity contribution in [3.8, 4) is 0 Å². The van der Waals surface area contributed by atoms with Crippen molar-refractivity contribution >= 4 is 11.7 Å². The van der Waals surface area contributed by atoms with Gasteiger partial charge in [-0.1, -0.05) is 0 Å². The first-order valence-corrected chi connectivity index (χ1v) is 7.88. The van der Waals surface area contributed by atoms with Crippen molar-refractivity contribution in [1.82, 2.24) is 20.1 Å². The largest absolute Gasteiger partial charge is 0.385 e. The summed E-state index contributed by atoms with van der Waals surface area (Å²) in [4.78, 5) is 18.6. The van der Waals surface area contributed by atoms with Gasteiger partial charge in [0.1, 0.15) is 11.9 Å². The third kappa shape index (κ3) is 3.72. The predicted molar refractivity (Wildman–Crippen MR) is 87.8 cm³/mol. The number of pyridine rings is 1. The van der Waals surface area contributed by atoms with Crippen LogP contribution in [0.1, 0.15) is 22.2 Å². The molecule has 1 aliphatic heterocycles. The highest BCUT2D eigenvalue weighted by Crippen LogP contribution is 2.14. The minimum atomic E-state index is -0.804. The van der Waals surface area contributed by atoms with Gasteiger partial charge in [0.25, 0.3) is 5.91 Å². The van der Waals surface area contributed by atoms with Gasteiger partial charge in [0, 0.05) is 39.1 Å². The van der Waals surface area contributed by atoms with Crippen molar-refractivity contribution in [2.24, 2.45) is 7.05 Å². The Bertz CT molecular complexity index is 679. The van der Waals surface area contributed by atoms with Crippen LogP contribution < -0.4 is 10.2 Å². The lowest BCUT2D eigenvalue weighted by Crippen LogP contribution is -2.36. The summed E-state index contributed by atoms with van der Waals surface area (Å²) in [7, 11) is 1.74. The molecule has 0 aliphatic carbocycles. The third-order valence-electron chi connectivity index (χ3n) is 4.00. The summed E-state index contributed by atoms with van der Waals surface area (Å²) in [5.41, 5.74) is 1.11. The molecule has 0 spiro atoms. The number of carbonyl (C=O) groups is 1. The first-order valence-electron chi connectivity index (χ1n) is 7.88. The molecular formula is C16H21N5O3. The van der Waals surface area contributed by atoms with E-state index in [1.165, 1.54) is 0 Å². The van der Waals surface area contributed by atoms with Crippen molar-refractivity contribution in [3.05, 3.63) is 41.9 Å². The van der Waals surface area contributed by atoms with Gasteiger partial charge in [-0.05, 0) is 18.2 Å². The molecule has 24 heavy (non-hydrogen) atoms. The molecule has 3 heterocycles. The quantitative estimate of drug-likeness (QED) is 0.808. The van der Waals surface area contributed by atoms with Crippen molar-refractivity contribution in [2.75, 3.05) is 37.7 Å². The number of nitrogens with zero attached hydrogens (tertiary/aromatic N) is 4. The number of ether oxygens (including phenoxy) is 1. The number of amides is 1. The fourth-order valence-electron chi connectivity index (χ4n) is 2.61. The van der Waals surface area contributed by atoms with Gasteiger partial charge in [0.15, 0.2) is 0 Å². The summed E-state index contributed by atoms with van der Waals surface area (Å²) in [6, 6.07) is 5.29. The number of aryl methyl sites for hydroxylation is 1. The maximum Gasteiger partial charge on any atom is 0.252 e. The van der Waals surface area contributed by atoms with Crippen LogP contribution in [-0.2, 0) is 11.8 Å². The summed E-state index contributed by atoms with van der Waals surface area (Å²) in [5, 5.41) is 16.8. The molecule has 1 aliphatic rings. The Morgan fingerprint density at radius 1 is 1.38 bits per heavy atom. The summed E-state index contributed by atoms with van der Waals surface area (Å²) >= 11 is 0. The van der Waals surface area contributed by atoms with Gasteiger partial charge in [-0.2, -0.15) is 5.10 Å². The van der Waals surface area contributed by atoms with Crippen LogP contribution in [0.25, 0.3) is 0 Å². The van der Waals surface area contributed by atoms with E-state index in [1.807, 2.05) is 6.07 Å². The average Bonchev–Trinajstić information content (AvgIpc) is 3.06. The smallest absolute Gasteiger partial charge is 0.252 e. The molecule has 0 bridgehead atoms. The van der Waals surface area contributed by atoms with Crippen LogP contribution in [0.15, 0.2) is 30.6 Å². The molecule has 1 fully saturated rings. The Balaban J connectivity index is 1.56. The van der Waals surface area contributed by atoms with E-state index in [9.17, 15) is 9.90 Å². The molecule has 2 N–H and O–H groups in total. The number of anilines is 1. The minimum absolute atomic E-state index is 0.115. The van der Waals surface area contributed by atoms with E-state index in [2.05, 4.69) is 20.3 Å². The molecule has 3 rings (SSSR count). The minimum Gasteiger partial charge on any atom is -0.385 e. The molecule has 1 saturated heterocycles. The Labute approximate surface area is 140 Å². The van der Waals surface area contributed by atoms with Crippen LogP contribution in [0.3, 0.4) is 0 Å². The summed E-state index contributed by atoms with van der Waals surface area (Å²) in [6.07, 6.45) is 2.35. The number of aromatic nitrogens is 3. The topological polar surface area (TPSA) is 92.5 Å². The second kappa shape index (κ2) is 7.41. The molecular weight excluding hydrogens is 310 g/mol. The highest BCUT2D eigenvalue weighted by atomic mass is 16.5. The van der Waals surface area contributed by atoms with Crippen molar-refractivity contribution in [1.29, 1.82) is 0 Å². The van der Waals surface area contributed by atoms with Crippen LogP contribution in [0.5, 0.6) is 0 Å². The molecule has 1 atom stereocenters. The highest BCUT2D eigenvalue weighted by Gasteiger charge is 2.15. The maximum atomic E-state index is 12.2. The SMILES string of the molecule is Cn1nccc1C(O)CNC(=O)c1ccc(N2CCOCC2)nc1. The number of aliphatic hydroxyl groups is 1. The first-order chi connectivity index (χ1) is 11.6. The number of morpholine rings is 1. The lowest BCUT2D eigenvalue weighted by atomic mass is 10.2. The van der Waals surface area contributed by atoms with Crippen LogP contribution in [0.2, 0.25) is 0 Å². The predicted octanol–water partition coefficient (Wildman–Crippen LogP) is 0.115. The molecule has 2 aromatic heterocycles. The lowest BCUT2D eigenvalue weighted by molar-refractivity contribution is 0.0911. The summed E-state index contributed by atoms with van der Waals surface area (Å²) < 4.78 is 6.89. The van der Waals surface area contributed by atoms with Gasteiger partial charge in [0.2, 0.25) is 0 Å². The number of hydrogen-bond acceptors (Lipinski definition) is 6. The molecule has 0 aromatic carbocycles. The number of rotatable bonds is 5. The van der Waals surface area contributed by atoms with Crippen LogP contribution in [0, 0.1) is 0 Å². The maximum absolute atomic E-state index is 12.2. The number of nitrogens with one attached hydrogen (secondary N) is 1. The highest BCUT2D eigenvalue weighted by molar-refractivity contribution is 5.94. The second-order valence-electron chi connectivity index (χ2n) is 5.61. The number of aliphatic hydroxyl groups excluding tert-OH is 1. The van der Waals surface area contributed by atoms with Gasteiger partial charge < -0.3 is 20.1 Å². The Hall–Kier alpha value is -2.45. The van der Waals surface area contributed by atoms with Crippen molar-refractivity contribution in [3.63, 3.8) is 0 Å². The Morgan fingerprint density at radius 2 is 2.17 bits per heavy atom.